The Balaban J connectivity index is 1.67. The van der Waals surface area contributed by atoms with Gasteiger partial charge in [0, 0.05) is 22.5 Å². The SMILES string of the molecule is Cc1ccc(N2CSC3=C(C#N)C(c4cccc(Br)c4)CC(=O)N3C2)cc1C. The number of rotatable bonds is 2. The minimum atomic E-state index is -0.179. The van der Waals surface area contributed by atoms with Gasteiger partial charge in [0.1, 0.15) is 0 Å². The number of nitrogens with zero attached hydrogens (tertiary/aromatic N) is 3. The van der Waals surface area contributed by atoms with E-state index in [4.69, 9.17) is 0 Å². The predicted molar refractivity (Wildman–Crippen MR) is 117 cm³/mol. The number of thioether (sulfide) groups is 1. The van der Waals surface area contributed by atoms with Gasteiger partial charge in [0.05, 0.1) is 29.2 Å². The van der Waals surface area contributed by atoms with Crippen LogP contribution in [0.4, 0.5) is 5.69 Å². The van der Waals surface area contributed by atoms with Crippen LogP contribution in [0.15, 0.2) is 57.5 Å². The molecule has 28 heavy (non-hydrogen) atoms. The highest BCUT2D eigenvalue weighted by Gasteiger charge is 2.38. The van der Waals surface area contributed by atoms with Crippen molar-refractivity contribution in [3.8, 4) is 6.07 Å². The molecule has 1 fully saturated rings. The molecule has 6 heteroatoms. The van der Waals surface area contributed by atoms with Crippen LogP contribution in [0.2, 0.25) is 0 Å². The molecule has 1 unspecified atom stereocenters. The summed E-state index contributed by atoms with van der Waals surface area (Å²) in [4.78, 5) is 16.9. The van der Waals surface area contributed by atoms with Gasteiger partial charge in [0.15, 0.2) is 0 Å². The van der Waals surface area contributed by atoms with Crippen molar-refractivity contribution in [2.45, 2.75) is 26.2 Å². The molecule has 0 saturated carbocycles. The molecule has 4 rings (SSSR count). The zero-order valence-corrected chi connectivity index (χ0v) is 18.2. The van der Waals surface area contributed by atoms with Crippen molar-refractivity contribution in [2.75, 3.05) is 17.4 Å². The largest absolute Gasteiger partial charge is 0.344 e. The third-order valence-electron chi connectivity index (χ3n) is 5.40. The molecule has 0 aromatic heterocycles. The summed E-state index contributed by atoms with van der Waals surface area (Å²) in [6, 6.07) is 16.7. The van der Waals surface area contributed by atoms with Crippen LogP contribution in [-0.4, -0.2) is 23.4 Å². The van der Waals surface area contributed by atoms with Gasteiger partial charge in [-0.15, -0.1) is 0 Å². The number of carbonyl (C=O) groups excluding carboxylic acids is 1. The van der Waals surface area contributed by atoms with E-state index in [2.05, 4.69) is 58.9 Å². The number of hydrogen-bond acceptors (Lipinski definition) is 4. The van der Waals surface area contributed by atoms with Gasteiger partial charge in [-0.3, -0.25) is 9.69 Å². The summed E-state index contributed by atoms with van der Waals surface area (Å²) in [5.74, 6) is 0.611. The molecule has 2 aromatic rings. The summed E-state index contributed by atoms with van der Waals surface area (Å²) in [5, 5.41) is 10.7. The molecule has 0 N–H and O–H groups in total. The smallest absolute Gasteiger partial charge is 0.229 e. The van der Waals surface area contributed by atoms with Crippen molar-refractivity contribution in [3.05, 3.63) is 74.2 Å². The Kier molecular flexibility index (Phi) is 5.22. The molecular weight excluding hydrogens is 434 g/mol. The number of benzene rings is 2. The van der Waals surface area contributed by atoms with Crippen LogP contribution in [0.5, 0.6) is 0 Å². The topological polar surface area (TPSA) is 47.3 Å². The van der Waals surface area contributed by atoms with Gasteiger partial charge in [0.2, 0.25) is 5.91 Å². The molecule has 0 radical (unpaired) electrons. The Morgan fingerprint density at radius 2 is 2.00 bits per heavy atom. The highest BCUT2D eigenvalue weighted by Crippen LogP contribution is 2.43. The summed E-state index contributed by atoms with van der Waals surface area (Å²) >= 11 is 5.07. The number of carbonyl (C=O) groups is 1. The molecule has 0 spiro atoms. The highest BCUT2D eigenvalue weighted by atomic mass is 79.9. The zero-order valence-electron chi connectivity index (χ0n) is 15.8. The van der Waals surface area contributed by atoms with E-state index >= 15 is 0 Å². The van der Waals surface area contributed by atoms with Crippen molar-refractivity contribution in [3.63, 3.8) is 0 Å². The molecule has 2 aliphatic heterocycles. The van der Waals surface area contributed by atoms with E-state index in [1.165, 1.54) is 11.1 Å². The molecule has 1 amide bonds. The van der Waals surface area contributed by atoms with E-state index in [0.717, 1.165) is 26.6 Å². The van der Waals surface area contributed by atoms with Crippen LogP contribution in [0.25, 0.3) is 0 Å². The Labute approximate surface area is 178 Å². The Bertz CT molecular complexity index is 1030. The lowest BCUT2D eigenvalue weighted by Crippen LogP contribution is -2.47. The lowest BCUT2D eigenvalue weighted by molar-refractivity contribution is -0.129. The maximum atomic E-state index is 13.0. The fourth-order valence-electron chi connectivity index (χ4n) is 3.66. The second-order valence-corrected chi connectivity index (χ2v) is 9.04. The van der Waals surface area contributed by atoms with Crippen LogP contribution in [-0.2, 0) is 4.79 Å². The van der Waals surface area contributed by atoms with Gasteiger partial charge in [-0.05, 0) is 54.8 Å². The number of anilines is 1. The van der Waals surface area contributed by atoms with E-state index < -0.39 is 0 Å². The highest BCUT2D eigenvalue weighted by molar-refractivity contribution is 9.10. The summed E-state index contributed by atoms with van der Waals surface area (Å²) in [5.41, 5.74) is 5.30. The number of amides is 1. The summed E-state index contributed by atoms with van der Waals surface area (Å²) in [6.45, 7) is 4.68. The molecule has 142 valence electrons. The molecular formula is C22H20BrN3OS. The Morgan fingerprint density at radius 3 is 2.71 bits per heavy atom. The second kappa shape index (κ2) is 7.65. The van der Waals surface area contributed by atoms with Crippen molar-refractivity contribution in [1.82, 2.24) is 4.90 Å². The first-order valence-corrected chi connectivity index (χ1v) is 10.9. The van der Waals surface area contributed by atoms with Crippen molar-refractivity contribution in [1.29, 1.82) is 5.26 Å². The zero-order chi connectivity index (χ0) is 19.8. The van der Waals surface area contributed by atoms with Gasteiger partial charge in [-0.2, -0.15) is 5.26 Å². The molecule has 0 aliphatic carbocycles. The maximum absolute atomic E-state index is 13.0. The molecule has 4 nitrogen and oxygen atoms in total. The van der Waals surface area contributed by atoms with Gasteiger partial charge in [-0.1, -0.05) is 45.9 Å². The lowest BCUT2D eigenvalue weighted by Gasteiger charge is -2.42. The first-order valence-electron chi connectivity index (χ1n) is 9.13. The number of fused-ring (bicyclic) bond motifs is 1. The molecule has 2 heterocycles. The summed E-state index contributed by atoms with van der Waals surface area (Å²) in [7, 11) is 0. The minimum absolute atomic E-state index is 0.0695. The number of halogens is 1. The Morgan fingerprint density at radius 1 is 1.18 bits per heavy atom. The van der Waals surface area contributed by atoms with Crippen LogP contribution >= 0.6 is 27.7 Å². The summed E-state index contributed by atoms with van der Waals surface area (Å²) in [6.07, 6.45) is 0.324. The predicted octanol–water partition coefficient (Wildman–Crippen LogP) is 5.29. The van der Waals surface area contributed by atoms with Gasteiger partial charge < -0.3 is 4.90 Å². The van der Waals surface area contributed by atoms with Crippen molar-refractivity contribution >= 4 is 39.3 Å². The van der Waals surface area contributed by atoms with E-state index in [0.29, 0.717) is 18.7 Å². The average Bonchev–Trinajstić information content (AvgIpc) is 2.70. The number of aryl methyl sites for hydroxylation is 2. The first-order chi connectivity index (χ1) is 13.5. The van der Waals surface area contributed by atoms with Crippen LogP contribution in [0.1, 0.15) is 29.0 Å². The van der Waals surface area contributed by atoms with Crippen molar-refractivity contribution < 1.29 is 4.79 Å². The number of hydrogen-bond donors (Lipinski definition) is 0. The standard InChI is InChI=1S/C22H20BrN3OS/c1-14-6-7-18(8-15(14)2)25-12-26-21(27)10-19(16-4-3-5-17(23)9-16)20(11-24)22(26)28-13-25/h3-9,19H,10,12-13H2,1-2H3. The third-order valence-corrected chi connectivity index (χ3v) is 7.05. The Hall–Kier alpha value is -2.23. The van der Waals surface area contributed by atoms with Crippen LogP contribution in [0, 0.1) is 25.2 Å². The normalized spacial score (nSPS) is 19.5. The van der Waals surface area contributed by atoms with E-state index in [9.17, 15) is 10.1 Å². The number of allylic oxidation sites excluding steroid dienone is 1. The lowest BCUT2D eigenvalue weighted by atomic mass is 9.86. The van der Waals surface area contributed by atoms with E-state index in [-0.39, 0.29) is 11.8 Å². The monoisotopic (exact) mass is 453 g/mol. The fraction of sp³-hybridized carbons (Fsp3) is 0.273. The molecule has 1 atom stereocenters. The summed E-state index contributed by atoms with van der Waals surface area (Å²) < 4.78 is 0.958. The van der Waals surface area contributed by atoms with E-state index in [1.54, 1.807) is 16.7 Å². The number of nitriles is 1. The minimum Gasteiger partial charge on any atom is -0.344 e. The van der Waals surface area contributed by atoms with Gasteiger partial charge >= 0.3 is 0 Å². The average molecular weight is 454 g/mol. The van der Waals surface area contributed by atoms with Gasteiger partial charge in [-0.25, -0.2) is 0 Å². The maximum Gasteiger partial charge on any atom is 0.229 e. The quantitative estimate of drug-likeness (QED) is 0.619. The molecule has 2 aromatic carbocycles. The molecule has 0 bridgehead atoms. The van der Waals surface area contributed by atoms with Crippen molar-refractivity contribution in [2.24, 2.45) is 0 Å². The van der Waals surface area contributed by atoms with Gasteiger partial charge in [0.25, 0.3) is 0 Å². The van der Waals surface area contributed by atoms with Crippen LogP contribution < -0.4 is 4.90 Å². The first kappa shape index (κ1) is 19.1. The second-order valence-electron chi connectivity index (χ2n) is 7.19. The molecule has 2 aliphatic rings. The van der Waals surface area contributed by atoms with E-state index in [1.807, 2.05) is 24.3 Å². The molecule has 1 saturated heterocycles. The third kappa shape index (κ3) is 3.45. The fourth-order valence-corrected chi connectivity index (χ4v) is 5.24. The van der Waals surface area contributed by atoms with Crippen LogP contribution in [0.3, 0.4) is 0 Å².